The average Bonchev–Trinajstić information content (AvgIpc) is 2.73. The summed E-state index contributed by atoms with van der Waals surface area (Å²) in [6.45, 7) is 2.62. The number of amides is 2. The number of nitrogens with zero attached hydrogens (tertiary/aromatic N) is 1. The van der Waals surface area contributed by atoms with Crippen LogP contribution in [0.25, 0.3) is 11.0 Å². The van der Waals surface area contributed by atoms with Gasteiger partial charge in [-0.1, -0.05) is 24.9 Å². The molecule has 0 unspecified atom stereocenters. The number of halogens is 1. The van der Waals surface area contributed by atoms with Gasteiger partial charge >= 0.3 is 0 Å². The maximum Gasteiger partial charge on any atom is 0.291 e. The summed E-state index contributed by atoms with van der Waals surface area (Å²) in [5.74, 6) is -0.244. The monoisotopic (exact) mass is 426 g/mol. The predicted octanol–water partition coefficient (Wildman–Crippen LogP) is 4.22. The van der Waals surface area contributed by atoms with E-state index in [1.54, 1.807) is 35.2 Å². The number of unbranched alkanes of at least 4 members (excludes halogenated alkanes) is 1. The minimum atomic E-state index is -0.577. The molecule has 2 aromatic carbocycles. The molecule has 30 heavy (non-hydrogen) atoms. The lowest BCUT2D eigenvalue weighted by atomic mass is 10.2. The molecule has 3 aromatic rings. The molecule has 2 amide bonds. The van der Waals surface area contributed by atoms with Gasteiger partial charge in [-0.15, -0.1) is 0 Å². The van der Waals surface area contributed by atoms with Crippen LogP contribution in [0.15, 0.2) is 51.7 Å². The molecule has 1 aliphatic rings. The summed E-state index contributed by atoms with van der Waals surface area (Å²) in [4.78, 5) is 38.9. The molecule has 1 N–H and O–H groups in total. The quantitative estimate of drug-likeness (QED) is 0.659. The largest absolute Gasteiger partial charge is 0.482 e. The highest BCUT2D eigenvalue weighted by atomic mass is 35.5. The third-order valence-corrected chi connectivity index (χ3v) is 5.04. The summed E-state index contributed by atoms with van der Waals surface area (Å²) < 4.78 is 11.1. The van der Waals surface area contributed by atoms with Crippen LogP contribution in [0, 0.1) is 0 Å². The molecule has 4 rings (SSSR count). The van der Waals surface area contributed by atoms with Gasteiger partial charge in [0.1, 0.15) is 11.3 Å². The zero-order chi connectivity index (χ0) is 21.3. The Morgan fingerprint density at radius 3 is 2.80 bits per heavy atom. The van der Waals surface area contributed by atoms with Crippen molar-refractivity contribution in [2.45, 2.75) is 19.8 Å². The smallest absolute Gasteiger partial charge is 0.291 e. The van der Waals surface area contributed by atoms with Gasteiger partial charge in [0.2, 0.25) is 0 Å². The summed E-state index contributed by atoms with van der Waals surface area (Å²) in [7, 11) is 0. The van der Waals surface area contributed by atoms with Gasteiger partial charge in [-0.3, -0.25) is 14.4 Å². The first-order chi connectivity index (χ1) is 14.5. The second-order valence-electron chi connectivity index (χ2n) is 6.94. The van der Waals surface area contributed by atoms with E-state index >= 15 is 0 Å². The molecule has 0 atom stereocenters. The first kappa shape index (κ1) is 20.0. The van der Waals surface area contributed by atoms with Crippen molar-refractivity contribution in [2.75, 3.05) is 23.4 Å². The van der Waals surface area contributed by atoms with Crippen LogP contribution in [0.5, 0.6) is 5.75 Å². The molecule has 0 saturated carbocycles. The number of nitrogens with one attached hydrogen (secondary N) is 1. The molecule has 1 aliphatic heterocycles. The van der Waals surface area contributed by atoms with Crippen LogP contribution in [-0.4, -0.2) is 25.0 Å². The molecule has 0 spiro atoms. The van der Waals surface area contributed by atoms with E-state index in [0.29, 0.717) is 34.1 Å². The van der Waals surface area contributed by atoms with Crippen LogP contribution in [0.1, 0.15) is 30.3 Å². The minimum absolute atomic E-state index is 0.00527. The van der Waals surface area contributed by atoms with Gasteiger partial charge in [-0.2, -0.15) is 0 Å². The van der Waals surface area contributed by atoms with Crippen molar-refractivity contribution in [3.63, 3.8) is 0 Å². The zero-order valence-electron chi connectivity index (χ0n) is 16.2. The van der Waals surface area contributed by atoms with Crippen LogP contribution < -0.4 is 20.4 Å². The molecule has 154 valence electrons. The third kappa shape index (κ3) is 3.89. The number of benzene rings is 2. The van der Waals surface area contributed by atoms with E-state index in [9.17, 15) is 14.4 Å². The number of hydrogen-bond donors (Lipinski definition) is 1. The summed E-state index contributed by atoms with van der Waals surface area (Å²) in [5.41, 5.74) is 0.968. The van der Waals surface area contributed by atoms with Gasteiger partial charge in [0.15, 0.2) is 17.8 Å². The Bertz CT molecular complexity index is 1200. The second kappa shape index (κ2) is 8.20. The van der Waals surface area contributed by atoms with E-state index in [-0.39, 0.29) is 29.3 Å². The lowest BCUT2D eigenvalue weighted by Gasteiger charge is -2.29. The van der Waals surface area contributed by atoms with Crippen molar-refractivity contribution in [1.29, 1.82) is 0 Å². The molecule has 0 saturated heterocycles. The Morgan fingerprint density at radius 1 is 1.17 bits per heavy atom. The Labute approximate surface area is 177 Å². The zero-order valence-corrected chi connectivity index (χ0v) is 17.0. The van der Waals surface area contributed by atoms with Crippen LogP contribution in [0.3, 0.4) is 0 Å². The molecule has 7 nitrogen and oxygen atoms in total. The first-order valence-electron chi connectivity index (χ1n) is 9.58. The molecule has 1 aromatic heterocycles. The number of anilines is 2. The fourth-order valence-electron chi connectivity index (χ4n) is 3.27. The Balaban J connectivity index is 1.62. The third-order valence-electron chi connectivity index (χ3n) is 4.81. The van der Waals surface area contributed by atoms with Crippen molar-refractivity contribution in [3.05, 3.63) is 63.5 Å². The number of carbonyl (C=O) groups excluding carboxylic acids is 2. The minimum Gasteiger partial charge on any atom is -0.482 e. The van der Waals surface area contributed by atoms with E-state index in [1.807, 2.05) is 6.92 Å². The lowest BCUT2D eigenvalue weighted by Crippen LogP contribution is -2.39. The van der Waals surface area contributed by atoms with Crippen LogP contribution in [0.4, 0.5) is 11.4 Å². The highest BCUT2D eigenvalue weighted by Gasteiger charge is 2.25. The SMILES string of the molecule is CCCCN1C(=O)COc2ccc(NC(=O)c3cc(=O)c4cc(Cl)ccc4o3)cc21. The molecular formula is C22H19ClN2O5. The maximum absolute atomic E-state index is 12.7. The molecule has 0 radical (unpaired) electrons. The number of fused-ring (bicyclic) bond motifs is 2. The van der Waals surface area contributed by atoms with Gasteiger partial charge in [0.25, 0.3) is 11.8 Å². The van der Waals surface area contributed by atoms with Crippen molar-refractivity contribution in [1.82, 2.24) is 0 Å². The van der Waals surface area contributed by atoms with Crippen molar-refractivity contribution in [3.8, 4) is 5.75 Å². The summed E-state index contributed by atoms with van der Waals surface area (Å²) in [6.07, 6.45) is 1.80. The van der Waals surface area contributed by atoms with Crippen LogP contribution >= 0.6 is 11.6 Å². The highest BCUT2D eigenvalue weighted by molar-refractivity contribution is 6.31. The lowest BCUT2D eigenvalue weighted by molar-refractivity contribution is -0.121. The molecular weight excluding hydrogens is 408 g/mol. The van der Waals surface area contributed by atoms with E-state index in [0.717, 1.165) is 18.9 Å². The average molecular weight is 427 g/mol. The normalized spacial score (nSPS) is 13.1. The molecule has 8 heteroatoms. The summed E-state index contributed by atoms with van der Waals surface area (Å²) >= 11 is 5.91. The van der Waals surface area contributed by atoms with Gasteiger partial charge in [-0.25, -0.2) is 0 Å². The molecule has 0 fully saturated rings. The van der Waals surface area contributed by atoms with Crippen molar-refractivity contribution in [2.24, 2.45) is 0 Å². The van der Waals surface area contributed by atoms with Gasteiger partial charge < -0.3 is 19.4 Å². The Morgan fingerprint density at radius 2 is 2.00 bits per heavy atom. The van der Waals surface area contributed by atoms with E-state index < -0.39 is 5.91 Å². The van der Waals surface area contributed by atoms with Crippen molar-refractivity contribution < 1.29 is 18.7 Å². The molecule has 2 heterocycles. The van der Waals surface area contributed by atoms with Crippen molar-refractivity contribution >= 4 is 45.8 Å². The topological polar surface area (TPSA) is 88.9 Å². The number of rotatable bonds is 5. The van der Waals surface area contributed by atoms with E-state index in [4.69, 9.17) is 20.8 Å². The predicted molar refractivity (Wildman–Crippen MR) is 115 cm³/mol. The van der Waals surface area contributed by atoms with E-state index in [2.05, 4.69) is 5.32 Å². The van der Waals surface area contributed by atoms with E-state index in [1.165, 1.54) is 6.07 Å². The fraction of sp³-hybridized carbons (Fsp3) is 0.227. The number of hydrogen-bond acceptors (Lipinski definition) is 5. The summed E-state index contributed by atoms with van der Waals surface area (Å²) in [6, 6.07) is 10.8. The van der Waals surface area contributed by atoms with Gasteiger partial charge in [0.05, 0.1) is 11.1 Å². The summed E-state index contributed by atoms with van der Waals surface area (Å²) in [5, 5.41) is 3.42. The van der Waals surface area contributed by atoms with Crippen LogP contribution in [-0.2, 0) is 4.79 Å². The standard InChI is InChI=1S/C22H19ClN2O5/c1-2-3-8-25-16-10-14(5-7-19(16)29-12-21(25)27)24-22(28)20-11-17(26)15-9-13(23)4-6-18(15)30-20/h4-7,9-11H,2-3,8,12H2,1H3,(H,24,28). The highest BCUT2D eigenvalue weighted by Crippen LogP contribution is 2.35. The Hall–Kier alpha value is -3.32. The fourth-order valence-corrected chi connectivity index (χ4v) is 3.45. The molecule has 0 aliphatic carbocycles. The maximum atomic E-state index is 12.7. The van der Waals surface area contributed by atoms with Gasteiger partial charge in [-0.05, 0) is 42.8 Å². The number of ether oxygens (including phenoxy) is 1. The van der Waals surface area contributed by atoms with Crippen LogP contribution in [0.2, 0.25) is 5.02 Å². The first-order valence-corrected chi connectivity index (χ1v) is 9.96. The molecule has 0 bridgehead atoms. The number of carbonyl (C=O) groups is 2. The van der Waals surface area contributed by atoms with Gasteiger partial charge in [0, 0.05) is 23.3 Å². The second-order valence-corrected chi connectivity index (χ2v) is 7.38. The Kier molecular flexibility index (Phi) is 5.46.